The number of thiazole rings is 1. The molecule has 0 N–H and O–H groups in total. The molecule has 0 bridgehead atoms. The summed E-state index contributed by atoms with van der Waals surface area (Å²) < 4.78 is 19.3. The maximum absolute atomic E-state index is 12.9. The molecule has 0 atom stereocenters. The number of methoxy groups -OCH3 is 1. The largest absolute Gasteiger partial charge is 0.492 e. The van der Waals surface area contributed by atoms with Crippen LogP contribution in [0.15, 0.2) is 62.9 Å². The molecule has 0 aliphatic heterocycles. The zero-order chi connectivity index (χ0) is 21.1. The Morgan fingerprint density at radius 1 is 1.20 bits per heavy atom. The number of nitrogens with zero attached hydrogens (tertiary/aromatic N) is 2. The first kappa shape index (κ1) is 20.1. The van der Waals surface area contributed by atoms with Gasteiger partial charge in [-0.15, -0.1) is 0 Å². The molecule has 2 heterocycles. The summed E-state index contributed by atoms with van der Waals surface area (Å²) in [5.41, 5.74) is 0.774. The number of fused-ring (bicyclic) bond motifs is 2. The van der Waals surface area contributed by atoms with Gasteiger partial charge in [0.05, 0.1) is 23.3 Å². The molecule has 4 aromatic rings. The Hall–Kier alpha value is -3.23. The molecule has 0 aliphatic carbocycles. The third-order valence-electron chi connectivity index (χ3n) is 4.59. The van der Waals surface area contributed by atoms with Gasteiger partial charge in [-0.25, -0.2) is 0 Å². The molecular formula is C22H20N2O5S. The number of carbonyl (C=O) groups is 1. The third-order valence-corrected chi connectivity index (χ3v) is 5.63. The SMILES string of the molecule is CCOc1cccc2sc(=NC(=O)c3coc4ccccc4c3=O)n(CCOC)c12. The van der Waals surface area contributed by atoms with E-state index in [0.29, 0.717) is 41.3 Å². The fourth-order valence-electron chi connectivity index (χ4n) is 3.22. The molecule has 4 rings (SSSR count). The van der Waals surface area contributed by atoms with Crippen LogP contribution in [0.2, 0.25) is 0 Å². The molecule has 0 aliphatic rings. The first-order valence-corrected chi connectivity index (χ1v) is 10.3. The number of ether oxygens (including phenoxy) is 2. The van der Waals surface area contributed by atoms with E-state index in [1.54, 1.807) is 31.4 Å². The average Bonchev–Trinajstić information content (AvgIpc) is 3.10. The highest BCUT2D eigenvalue weighted by atomic mass is 32.1. The van der Waals surface area contributed by atoms with E-state index in [4.69, 9.17) is 13.9 Å². The minimum Gasteiger partial charge on any atom is -0.492 e. The quantitative estimate of drug-likeness (QED) is 0.472. The van der Waals surface area contributed by atoms with Gasteiger partial charge in [0.2, 0.25) is 5.43 Å². The van der Waals surface area contributed by atoms with Crippen LogP contribution < -0.4 is 15.0 Å². The predicted molar refractivity (Wildman–Crippen MR) is 115 cm³/mol. The number of benzene rings is 2. The van der Waals surface area contributed by atoms with Crippen LogP contribution in [-0.2, 0) is 11.3 Å². The molecule has 0 radical (unpaired) electrons. The highest BCUT2D eigenvalue weighted by Crippen LogP contribution is 2.27. The zero-order valence-electron chi connectivity index (χ0n) is 16.6. The Morgan fingerprint density at radius 2 is 2.03 bits per heavy atom. The lowest BCUT2D eigenvalue weighted by molar-refractivity contribution is 0.0994. The molecule has 2 aromatic carbocycles. The summed E-state index contributed by atoms with van der Waals surface area (Å²) in [4.78, 5) is 30.4. The first-order chi connectivity index (χ1) is 14.6. The number of hydrogen-bond acceptors (Lipinski definition) is 6. The highest BCUT2D eigenvalue weighted by Gasteiger charge is 2.16. The number of carbonyl (C=O) groups excluding carboxylic acids is 1. The Labute approximate surface area is 175 Å². The smallest absolute Gasteiger partial charge is 0.286 e. The summed E-state index contributed by atoms with van der Waals surface area (Å²) in [6.07, 6.45) is 1.18. The predicted octanol–water partition coefficient (Wildman–Crippen LogP) is 3.60. The van der Waals surface area contributed by atoms with Crippen LogP contribution >= 0.6 is 11.3 Å². The van der Waals surface area contributed by atoms with Gasteiger partial charge in [-0.05, 0) is 31.2 Å². The lowest BCUT2D eigenvalue weighted by Crippen LogP contribution is -2.21. The second kappa shape index (κ2) is 8.64. The number of amides is 1. The van der Waals surface area contributed by atoms with Gasteiger partial charge in [-0.2, -0.15) is 4.99 Å². The number of aromatic nitrogens is 1. The second-order valence-electron chi connectivity index (χ2n) is 6.46. The van der Waals surface area contributed by atoms with Gasteiger partial charge < -0.3 is 18.5 Å². The van der Waals surface area contributed by atoms with E-state index in [0.717, 1.165) is 10.2 Å². The van der Waals surface area contributed by atoms with Crippen molar-refractivity contribution in [2.45, 2.75) is 13.5 Å². The molecule has 30 heavy (non-hydrogen) atoms. The van der Waals surface area contributed by atoms with Crippen molar-refractivity contribution in [3.8, 4) is 5.75 Å². The molecule has 1 amide bonds. The van der Waals surface area contributed by atoms with E-state index >= 15 is 0 Å². The van der Waals surface area contributed by atoms with Crippen molar-refractivity contribution in [2.24, 2.45) is 4.99 Å². The van der Waals surface area contributed by atoms with E-state index in [2.05, 4.69) is 4.99 Å². The van der Waals surface area contributed by atoms with Gasteiger partial charge in [-0.1, -0.05) is 29.5 Å². The fourth-order valence-corrected chi connectivity index (χ4v) is 4.29. The summed E-state index contributed by atoms with van der Waals surface area (Å²) in [5.74, 6) is 0.0617. The Morgan fingerprint density at radius 3 is 2.83 bits per heavy atom. The van der Waals surface area contributed by atoms with E-state index in [1.165, 1.54) is 17.6 Å². The average molecular weight is 424 g/mol. The molecule has 8 heteroatoms. The summed E-state index contributed by atoms with van der Waals surface area (Å²) in [7, 11) is 1.61. The van der Waals surface area contributed by atoms with Crippen LogP contribution in [0, 0.1) is 0 Å². The summed E-state index contributed by atoms with van der Waals surface area (Å²) >= 11 is 1.35. The molecule has 0 saturated carbocycles. The second-order valence-corrected chi connectivity index (χ2v) is 7.47. The van der Waals surface area contributed by atoms with Crippen LogP contribution in [0.1, 0.15) is 17.3 Å². The number of rotatable bonds is 6. The Kier molecular flexibility index (Phi) is 5.78. The van der Waals surface area contributed by atoms with Crippen molar-refractivity contribution < 1.29 is 18.7 Å². The molecule has 0 saturated heterocycles. The first-order valence-electron chi connectivity index (χ1n) is 9.47. The van der Waals surface area contributed by atoms with Crippen molar-refractivity contribution in [1.82, 2.24) is 4.57 Å². The molecule has 0 unspecified atom stereocenters. The summed E-state index contributed by atoms with van der Waals surface area (Å²) in [6.45, 7) is 3.35. The third kappa shape index (κ3) is 3.67. The van der Waals surface area contributed by atoms with Crippen molar-refractivity contribution >= 4 is 38.4 Å². The van der Waals surface area contributed by atoms with Crippen molar-refractivity contribution in [3.05, 3.63) is 69.3 Å². The summed E-state index contributed by atoms with van der Waals surface area (Å²) in [5, 5.41) is 0.348. The minimum absolute atomic E-state index is 0.102. The lowest BCUT2D eigenvalue weighted by Gasteiger charge is -2.09. The molecule has 0 fully saturated rings. The maximum atomic E-state index is 12.9. The monoisotopic (exact) mass is 424 g/mol. The standard InChI is InChI=1S/C22H20N2O5S/c1-3-28-17-9-6-10-18-19(17)24(11-12-27-2)22(30-18)23-21(26)15-13-29-16-8-5-4-7-14(16)20(15)25/h4-10,13H,3,11-12H2,1-2H3. The van der Waals surface area contributed by atoms with E-state index in [-0.39, 0.29) is 5.56 Å². The van der Waals surface area contributed by atoms with Crippen LogP contribution in [0.25, 0.3) is 21.2 Å². The number of hydrogen-bond donors (Lipinski definition) is 0. The van der Waals surface area contributed by atoms with Gasteiger partial charge in [0, 0.05) is 13.7 Å². The van der Waals surface area contributed by atoms with Crippen LogP contribution in [-0.4, -0.2) is 30.8 Å². The van der Waals surface area contributed by atoms with Crippen molar-refractivity contribution in [3.63, 3.8) is 0 Å². The van der Waals surface area contributed by atoms with E-state index in [9.17, 15) is 9.59 Å². The lowest BCUT2D eigenvalue weighted by atomic mass is 10.2. The molecule has 7 nitrogen and oxygen atoms in total. The van der Waals surface area contributed by atoms with E-state index < -0.39 is 11.3 Å². The fraction of sp³-hybridized carbons (Fsp3) is 0.227. The van der Waals surface area contributed by atoms with Gasteiger partial charge in [0.25, 0.3) is 5.91 Å². The number of para-hydroxylation sites is 2. The highest BCUT2D eigenvalue weighted by molar-refractivity contribution is 7.16. The molecule has 154 valence electrons. The topological polar surface area (TPSA) is 83.0 Å². The minimum atomic E-state index is -0.648. The van der Waals surface area contributed by atoms with Gasteiger partial charge in [-0.3, -0.25) is 9.59 Å². The molecule has 2 aromatic heterocycles. The van der Waals surface area contributed by atoms with Crippen LogP contribution in [0.3, 0.4) is 0 Å². The maximum Gasteiger partial charge on any atom is 0.286 e. The van der Waals surface area contributed by atoms with Gasteiger partial charge >= 0.3 is 0 Å². The van der Waals surface area contributed by atoms with Crippen LogP contribution in [0.5, 0.6) is 5.75 Å². The Bertz CT molecular complexity index is 1350. The van der Waals surface area contributed by atoms with E-state index in [1.807, 2.05) is 29.7 Å². The van der Waals surface area contributed by atoms with Crippen molar-refractivity contribution in [1.29, 1.82) is 0 Å². The molecular weight excluding hydrogens is 404 g/mol. The normalized spacial score (nSPS) is 12.0. The summed E-state index contributed by atoms with van der Waals surface area (Å²) in [6, 6.07) is 12.5. The van der Waals surface area contributed by atoms with Crippen LogP contribution in [0.4, 0.5) is 0 Å². The van der Waals surface area contributed by atoms with Crippen molar-refractivity contribution in [2.75, 3.05) is 20.3 Å². The van der Waals surface area contributed by atoms with Gasteiger partial charge in [0.15, 0.2) is 4.80 Å². The zero-order valence-corrected chi connectivity index (χ0v) is 17.4. The molecule has 0 spiro atoms. The van der Waals surface area contributed by atoms with Gasteiger partial charge in [0.1, 0.15) is 28.7 Å². The Balaban J connectivity index is 1.88.